The van der Waals surface area contributed by atoms with Crippen LogP contribution in [0.15, 0.2) is 91.6 Å². The van der Waals surface area contributed by atoms with Crippen molar-refractivity contribution in [1.82, 2.24) is 8.98 Å². The normalized spacial score (nSPS) is 16.3. The quantitative estimate of drug-likeness (QED) is 0.285. The van der Waals surface area contributed by atoms with Gasteiger partial charge in [-0.1, -0.05) is 34.1 Å². The van der Waals surface area contributed by atoms with Crippen LogP contribution >= 0.6 is 27.3 Å². The molecule has 1 aromatic heterocycles. The van der Waals surface area contributed by atoms with Crippen LogP contribution in [0, 0.1) is 0 Å². The van der Waals surface area contributed by atoms with Crippen molar-refractivity contribution in [3.8, 4) is 22.8 Å². The first-order chi connectivity index (χ1) is 19.0. The van der Waals surface area contributed by atoms with Crippen LogP contribution in [0.3, 0.4) is 0 Å². The van der Waals surface area contributed by atoms with Crippen molar-refractivity contribution in [2.75, 3.05) is 33.1 Å². The Hall–Kier alpha value is -3.29. The molecule has 12 heteroatoms. The first-order valence-electron chi connectivity index (χ1n) is 12.1. The summed E-state index contributed by atoms with van der Waals surface area (Å²) in [7, 11) is -3.58. The van der Waals surface area contributed by atoms with Gasteiger partial charge < -0.3 is 14.2 Å². The van der Waals surface area contributed by atoms with Crippen LogP contribution in [0.5, 0.6) is 11.5 Å². The first kappa shape index (κ1) is 26.0. The van der Waals surface area contributed by atoms with Crippen molar-refractivity contribution in [2.24, 2.45) is 10.1 Å². The highest BCUT2D eigenvalue weighted by molar-refractivity contribution is 9.10. The second-order valence-corrected chi connectivity index (χ2v) is 12.3. The van der Waals surface area contributed by atoms with E-state index in [-0.39, 0.29) is 11.7 Å². The third kappa shape index (κ3) is 5.43. The molecule has 200 valence electrons. The smallest absolute Gasteiger partial charge is 0.243 e. The van der Waals surface area contributed by atoms with Crippen LogP contribution in [-0.4, -0.2) is 56.7 Å². The van der Waals surface area contributed by atoms with E-state index < -0.39 is 10.0 Å². The van der Waals surface area contributed by atoms with Crippen LogP contribution in [0.25, 0.3) is 11.3 Å². The van der Waals surface area contributed by atoms with E-state index in [0.717, 1.165) is 21.3 Å². The summed E-state index contributed by atoms with van der Waals surface area (Å²) < 4.78 is 46.3. The molecular weight excluding hydrogens is 604 g/mol. The third-order valence-corrected chi connectivity index (χ3v) is 9.64. The molecule has 39 heavy (non-hydrogen) atoms. The van der Waals surface area contributed by atoms with E-state index in [4.69, 9.17) is 24.3 Å². The van der Waals surface area contributed by atoms with E-state index in [9.17, 15) is 8.42 Å². The van der Waals surface area contributed by atoms with Crippen LogP contribution < -0.4 is 14.3 Å². The molecule has 2 aliphatic heterocycles. The van der Waals surface area contributed by atoms with Gasteiger partial charge in [0, 0.05) is 28.5 Å². The highest BCUT2D eigenvalue weighted by Gasteiger charge is 2.26. The Morgan fingerprint density at radius 1 is 0.949 bits per heavy atom. The Morgan fingerprint density at radius 3 is 2.51 bits per heavy atom. The number of morpholine rings is 1. The molecule has 6 rings (SSSR count). The number of hydrogen-bond donors (Lipinski definition) is 0. The molecule has 0 saturated carbocycles. The van der Waals surface area contributed by atoms with Crippen LogP contribution in [-0.2, 0) is 14.8 Å². The highest BCUT2D eigenvalue weighted by Crippen LogP contribution is 2.32. The SMILES string of the molecule is O=S(=O)(c1ccc(N=c2scc(-c3ccccc3Br)n2N=Cc2ccc3c(c2)OCO3)cc1)N1CCOCC1. The second kappa shape index (κ2) is 11.1. The maximum absolute atomic E-state index is 13.0. The van der Waals surface area contributed by atoms with Gasteiger partial charge in [0.25, 0.3) is 0 Å². The van der Waals surface area contributed by atoms with Gasteiger partial charge in [0.2, 0.25) is 21.6 Å². The number of aromatic nitrogens is 1. The van der Waals surface area contributed by atoms with Crippen molar-refractivity contribution in [2.45, 2.75) is 4.90 Å². The van der Waals surface area contributed by atoms with Gasteiger partial charge in [0.15, 0.2) is 11.5 Å². The molecule has 0 bridgehead atoms. The number of hydrogen-bond acceptors (Lipinski definition) is 8. The van der Waals surface area contributed by atoms with Gasteiger partial charge in [-0.3, -0.25) is 0 Å². The predicted molar refractivity (Wildman–Crippen MR) is 152 cm³/mol. The Morgan fingerprint density at radius 2 is 1.72 bits per heavy atom. The van der Waals surface area contributed by atoms with Crippen LogP contribution in [0.1, 0.15) is 5.56 Å². The molecule has 1 fully saturated rings. The minimum Gasteiger partial charge on any atom is -0.454 e. The molecule has 0 N–H and O–H groups in total. The van der Waals surface area contributed by atoms with Crippen molar-refractivity contribution >= 4 is 49.2 Å². The molecule has 4 aromatic rings. The van der Waals surface area contributed by atoms with E-state index in [1.54, 1.807) is 35.2 Å². The highest BCUT2D eigenvalue weighted by atomic mass is 79.9. The van der Waals surface area contributed by atoms with Crippen LogP contribution in [0.4, 0.5) is 5.69 Å². The second-order valence-electron chi connectivity index (χ2n) is 8.67. The summed E-state index contributed by atoms with van der Waals surface area (Å²) in [5, 5.41) is 6.76. The molecule has 0 unspecified atom stereocenters. The van der Waals surface area contributed by atoms with Crippen molar-refractivity contribution < 1.29 is 22.6 Å². The van der Waals surface area contributed by atoms with Gasteiger partial charge in [-0.15, -0.1) is 11.3 Å². The molecule has 0 atom stereocenters. The molecule has 0 amide bonds. The molecule has 0 spiro atoms. The maximum atomic E-state index is 13.0. The van der Waals surface area contributed by atoms with Crippen LogP contribution in [0.2, 0.25) is 0 Å². The number of nitrogens with zero attached hydrogens (tertiary/aromatic N) is 4. The van der Waals surface area contributed by atoms with Gasteiger partial charge in [-0.2, -0.15) is 9.41 Å². The lowest BCUT2D eigenvalue weighted by Gasteiger charge is -2.26. The van der Waals surface area contributed by atoms with E-state index in [2.05, 4.69) is 15.9 Å². The zero-order chi connectivity index (χ0) is 26.8. The standard InChI is InChI=1S/C27H23BrN4O5S2/c28-23-4-2-1-3-22(23)24-17-38-27(32(24)29-16-19-5-10-25-26(15-19)37-18-36-25)30-20-6-8-21(9-7-20)39(33,34)31-11-13-35-14-12-31/h1-10,15-17H,11-14,18H2. The zero-order valence-electron chi connectivity index (χ0n) is 20.6. The summed E-state index contributed by atoms with van der Waals surface area (Å²) in [5.74, 6) is 1.39. The molecule has 3 aromatic carbocycles. The van der Waals surface area contributed by atoms with E-state index in [1.165, 1.54) is 15.6 Å². The number of sulfonamides is 1. The molecular formula is C27H23BrN4O5S2. The molecule has 3 heterocycles. The molecule has 0 radical (unpaired) electrons. The largest absolute Gasteiger partial charge is 0.454 e. The zero-order valence-corrected chi connectivity index (χ0v) is 23.8. The van der Waals surface area contributed by atoms with Crippen molar-refractivity contribution in [3.05, 3.63) is 86.9 Å². The van der Waals surface area contributed by atoms with Gasteiger partial charge in [-0.25, -0.2) is 18.1 Å². The first-order valence-corrected chi connectivity index (χ1v) is 15.2. The number of ether oxygens (including phenoxy) is 3. The van der Waals surface area contributed by atoms with Gasteiger partial charge >= 0.3 is 0 Å². The van der Waals surface area contributed by atoms with E-state index in [0.29, 0.717) is 48.3 Å². The van der Waals surface area contributed by atoms with Crippen molar-refractivity contribution in [1.29, 1.82) is 0 Å². The third-order valence-electron chi connectivity index (χ3n) is 6.22. The molecule has 1 saturated heterocycles. The average Bonchev–Trinajstić information content (AvgIpc) is 3.59. The minimum absolute atomic E-state index is 0.205. The van der Waals surface area contributed by atoms with Gasteiger partial charge in [-0.05, 0) is 54.1 Å². The lowest BCUT2D eigenvalue weighted by molar-refractivity contribution is 0.0730. The molecule has 9 nitrogen and oxygen atoms in total. The summed E-state index contributed by atoms with van der Waals surface area (Å²) in [6.45, 7) is 1.71. The fourth-order valence-electron chi connectivity index (χ4n) is 4.20. The number of halogens is 1. The van der Waals surface area contributed by atoms with Crippen molar-refractivity contribution in [3.63, 3.8) is 0 Å². The Balaban J connectivity index is 1.37. The number of rotatable bonds is 6. The summed E-state index contributed by atoms with van der Waals surface area (Å²) in [6.07, 6.45) is 1.74. The van der Waals surface area contributed by atoms with Gasteiger partial charge in [0.05, 0.1) is 35.7 Å². The lowest BCUT2D eigenvalue weighted by atomic mass is 10.2. The van der Waals surface area contributed by atoms with E-state index >= 15 is 0 Å². The average molecular weight is 628 g/mol. The Labute approximate surface area is 237 Å². The predicted octanol–water partition coefficient (Wildman–Crippen LogP) is 4.84. The summed E-state index contributed by atoms with van der Waals surface area (Å²) in [5.41, 5.74) is 3.28. The number of benzene rings is 3. The minimum atomic E-state index is -3.58. The lowest BCUT2D eigenvalue weighted by Crippen LogP contribution is -2.40. The Bertz CT molecular complexity index is 1710. The summed E-state index contributed by atoms with van der Waals surface area (Å²) in [4.78, 5) is 5.66. The number of fused-ring (bicyclic) bond motifs is 1. The fourth-order valence-corrected chi connectivity index (χ4v) is 6.94. The molecule has 2 aliphatic rings. The summed E-state index contributed by atoms with van der Waals surface area (Å²) >= 11 is 5.08. The topological polar surface area (TPSA) is 94.7 Å². The summed E-state index contributed by atoms with van der Waals surface area (Å²) in [6, 6.07) is 20.1. The monoisotopic (exact) mass is 626 g/mol. The van der Waals surface area contributed by atoms with E-state index in [1.807, 2.05) is 47.8 Å². The molecule has 0 aliphatic carbocycles. The Kier molecular flexibility index (Phi) is 7.36. The number of thiazole rings is 1. The maximum Gasteiger partial charge on any atom is 0.243 e. The fraction of sp³-hybridized carbons (Fsp3) is 0.185. The van der Waals surface area contributed by atoms with Gasteiger partial charge in [0.1, 0.15) is 0 Å².